The summed E-state index contributed by atoms with van der Waals surface area (Å²) in [6, 6.07) is 49.5. The number of para-hydroxylation sites is 4. The number of hydrogen-bond acceptors (Lipinski definition) is 4. The van der Waals surface area contributed by atoms with Crippen LogP contribution in [0.3, 0.4) is 0 Å². The minimum atomic E-state index is -0.649. The normalized spacial score (nSPS) is 14.1. The van der Waals surface area contributed by atoms with E-state index in [0.717, 1.165) is 69.0 Å². The maximum atomic E-state index is 13.2. The first-order valence-electron chi connectivity index (χ1n) is 17.3. The number of hydrogen-bond donors (Lipinski definition) is 0. The van der Waals surface area contributed by atoms with E-state index >= 15 is 0 Å². The van der Waals surface area contributed by atoms with Gasteiger partial charge in [-0.25, -0.2) is 22.9 Å². The van der Waals surface area contributed by atoms with Crippen molar-refractivity contribution in [2.45, 2.75) is 12.5 Å². The second-order valence-electron chi connectivity index (χ2n) is 12.3. The number of rotatable bonds is 4. The van der Waals surface area contributed by atoms with Gasteiger partial charge in [0.25, 0.3) is 0 Å². The molecule has 0 spiro atoms. The molecule has 0 bridgehead atoms. The first kappa shape index (κ1) is 41.7. The van der Waals surface area contributed by atoms with Gasteiger partial charge in [-0.2, -0.15) is 24.3 Å². The minimum absolute atomic E-state index is 0. The van der Waals surface area contributed by atoms with Crippen molar-refractivity contribution >= 4 is 22.1 Å². The van der Waals surface area contributed by atoms with Crippen molar-refractivity contribution in [1.29, 1.82) is 0 Å². The Labute approximate surface area is 359 Å². The van der Waals surface area contributed by atoms with Gasteiger partial charge in [-0.15, -0.1) is 35.4 Å². The molecule has 12 heteroatoms. The Kier molecular flexibility index (Phi) is 13.7. The topological polar surface area (TPSA) is 72.4 Å². The fraction of sp³-hybridized carbons (Fsp3) is 0.0435. The molecule has 288 valence electrons. The average molecular weight is 1130 g/mol. The SMILES string of the molecule is Fc1c[c-]c(-c2ccccn2)c(F)c1.Fc1c[c-]c(-c2ccccn2)c(F)c1.[Ir+3].[Ir+3].[c-]1c(C2[N-]c3ccccc3O2)ccc2[c-]c(C3[N-]c4ccccc4O3)ccc12. The number of nitrogens with zero attached hydrogens (tertiary/aromatic N) is 4. The summed E-state index contributed by atoms with van der Waals surface area (Å²) in [6.45, 7) is 0. The van der Waals surface area contributed by atoms with Crippen molar-refractivity contribution in [2.75, 3.05) is 0 Å². The predicted octanol–water partition coefficient (Wildman–Crippen LogP) is 12.3. The van der Waals surface area contributed by atoms with Crippen LogP contribution in [0.5, 0.6) is 11.5 Å². The van der Waals surface area contributed by atoms with Crippen LogP contribution in [-0.4, -0.2) is 9.97 Å². The predicted molar refractivity (Wildman–Crippen MR) is 204 cm³/mol. The summed E-state index contributed by atoms with van der Waals surface area (Å²) in [5.41, 5.74) is 4.83. The average Bonchev–Trinajstić information content (AvgIpc) is 3.87. The molecular weight excluding hydrogens is 1100 g/mol. The molecule has 6 aromatic carbocycles. The zero-order valence-electron chi connectivity index (χ0n) is 29.8. The molecule has 8 aromatic rings. The number of halogens is 4. The van der Waals surface area contributed by atoms with Gasteiger partial charge >= 0.3 is 40.2 Å². The van der Waals surface area contributed by atoms with Gasteiger partial charge in [-0.1, -0.05) is 95.3 Å². The largest absolute Gasteiger partial charge is 3.00 e. The van der Waals surface area contributed by atoms with Gasteiger partial charge in [-0.05, 0) is 35.7 Å². The van der Waals surface area contributed by atoms with Crippen LogP contribution >= 0.6 is 0 Å². The molecular formula is C46H26F4Ir2N4O2. The van der Waals surface area contributed by atoms with Crippen LogP contribution in [0.25, 0.3) is 43.9 Å². The van der Waals surface area contributed by atoms with Gasteiger partial charge in [0.05, 0.1) is 0 Å². The zero-order valence-corrected chi connectivity index (χ0v) is 34.6. The standard InChI is InChI=1S/C24H14N2O2.2C11H6F2N.2Ir/c1-3-7-21-19(5-1)25-23(27-21)17-11-9-16-14-18(12-10-15(16)13-17)24-26-20-6-2-4-8-22(20)28-24;2*12-8-4-5-9(10(13)7-8)11-3-1-2-6-14-11;;/h1-12,23-24H;2*1-4,6-7H;;/q-4;2*-1;2*+3. The Hall–Kier alpha value is -5.90. The smallest absolute Gasteiger partial charge is 0.644 e. The number of benzene rings is 6. The van der Waals surface area contributed by atoms with E-state index in [1.807, 2.05) is 72.8 Å². The Morgan fingerprint density at radius 3 is 1.29 bits per heavy atom. The number of fused-ring (bicyclic) bond motifs is 3. The summed E-state index contributed by atoms with van der Waals surface area (Å²) >= 11 is 0. The van der Waals surface area contributed by atoms with E-state index in [0.29, 0.717) is 11.4 Å². The molecule has 2 atom stereocenters. The Bertz CT molecular complexity index is 2410. The van der Waals surface area contributed by atoms with Crippen LogP contribution in [0.1, 0.15) is 23.6 Å². The molecule has 58 heavy (non-hydrogen) atoms. The Morgan fingerprint density at radius 1 is 0.500 bits per heavy atom. The van der Waals surface area contributed by atoms with Crippen LogP contribution in [-0.2, 0) is 40.2 Å². The summed E-state index contributed by atoms with van der Waals surface area (Å²) < 4.78 is 63.5. The third-order valence-electron chi connectivity index (χ3n) is 8.52. The molecule has 0 radical (unpaired) electrons. The molecule has 2 aliphatic rings. The van der Waals surface area contributed by atoms with E-state index in [4.69, 9.17) is 9.47 Å². The maximum Gasteiger partial charge on any atom is 3.00 e. The fourth-order valence-corrected chi connectivity index (χ4v) is 5.87. The number of ether oxygens (including phenoxy) is 2. The van der Waals surface area contributed by atoms with Gasteiger partial charge < -0.3 is 30.1 Å². The summed E-state index contributed by atoms with van der Waals surface area (Å²) in [6.07, 6.45) is 2.38. The zero-order chi connectivity index (χ0) is 38.4. The molecule has 6 nitrogen and oxygen atoms in total. The third kappa shape index (κ3) is 9.61. The van der Waals surface area contributed by atoms with Gasteiger partial charge in [-0.3, -0.25) is 17.6 Å². The van der Waals surface area contributed by atoms with Crippen LogP contribution in [0, 0.1) is 47.5 Å². The molecule has 0 saturated heterocycles. The fourth-order valence-electron chi connectivity index (χ4n) is 5.87. The second-order valence-corrected chi connectivity index (χ2v) is 12.3. The molecule has 10 rings (SSSR count). The van der Waals surface area contributed by atoms with Crippen LogP contribution in [0.15, 0.2) is 146 Å². The van der Waals surface area contributed by atoms with E-state index in [1.54, 1.807) is 48.8 Å². The number of aromatic nitrogens is 2. The monoisotopic (exact) mass is 1130 g/mol. The Morgan fingerprint density at radius 2 is 0.914 bits per heavy atom. The van der Waals surface area contributed by atoms with Crippen molar-refractivity contribution in [1.82, 2.24) is 9.97 Å². The minimum Gasteiger partial charge on any atom is -0.644 e. The first-order valence-corrected chi connectivity index (χ1v) is 17.3. The third-order valence-corrected chi connectivity index (χ3v) is 8.52. The van der Waals surface area contributed by atoms with Gasteiger partial charge in [0.1, 0.15) is 11.5 Å². The van der Waals surface area contributed by atoms with Gasteiger partial charge in [0, 0.05) is 48.1 Å². The van der Waals surface area contributed by atoms with Gasteiger partial charge in [0.2, 0.25) is 0 Å². The molecule has 0 saturated carbocycles. The number of pyridine rings is 2. The molecule has 0 amide bonds. The first-order chi connectivity index (χ1) is 27.4. The van der Waals surface area contributed by atoms with E-state index in [-0.39, 0.29) is 63.8 Å². The molecule has 4 heterocycles. The summed E-state index contributed by atoms with van der Waals surface area (Å²) in [5, 5.41) is 11.2. The molecule has 2 aromatic heterocycles. The van der Waals surface area contributed by atoms with Crippen molar-refractivity contribution in [3.63, 3.8) is 0 Å². The van der Waals surface area contributed by atoms with Crippen molar-refractivity contribution < 1.29 is 67.2 Å². The van der Waals surface area contributed by atoms with Crippen LogP contribution in [0.2, 0.25) is 0 Å². The van der Waals surface area contributed by atoms with Crippen molar-refractivity contribution in [2.24, 2.45) is 0 Å². The van der Waals surface area contributed by atoms with Crippen molar-refractivity contribution in [3.05, 3.63) is 215 Å². The summed E-state index contributed by atoms with van der Waals surface area (Å²) in [7, 11) is 0. The second kappa shape index (κ2) is 19.0. The van der Waals surface area contributed by atoms with Gasteiger partial charge in [0.15, 0.2) is 0 Å². The van der Waals surface area contributed by atoms with Crippen LogP contribution in [0.4, 0.5) is 28.9 Å². The molecule has 0 N–H and O–H groups in total. The van der Waals surface area contributed by atoms with Crippen LogP contribution < -0.4 is 9.47 Å². The molecule has 0 aliphatic carbocycles. The Balaban J connectivity index is 0.000000160. The summed E-state index contributed by atoms with van der Waals surface area (Å²) in [5.74, 6) is -0.957. The molecule has 0 fully saturated rings. The molecule has 2 aliphatic heterocycles. The molecule has 2 unspecified atom stereocenters. The maximum absolute atomic E-state index is 13.2. The van der Waals surface area contributed by atoms with Crippen molar-refractivity contribution in [3.8, 4) is 34.0 Å². The van der Waals surface area contributed by atoms with E-state index in [1.165, 1.54) is 0 Å². The van der Waals surface area contributed by atoms with E-state index in [2.05, 4.69) is 44.9 Å². The van der Waals surface area contributed by atoms with E-state index < -0.39 is 23.3 Å². The van der Waals surface area contributed by atoms with E-state index in [9.17, 15) is 17.6 Å². The quantitative estimate of drug-likeness (QED) is 0.130. The summed E-state index contributed by atoms with van der Waals surface area (Å²) in [4.78, 5) is 7.89.